The first kappa shape index (κ1) is 39.9. The molecule has 2 amide bonds. The van der Waals surface area contributed by atoms with Gasteiger partial charge in [0.1, 0.15) is 26.8 Å². The maximum atomic E-state index is 14.7. The molecule has 6 atom stereocenters. The quantitative estimate of drug-likeness (QED) is 0.262. The van der Waals surface area contributed by atoms with E-state index in [0.717, 1.165) is 37.8 Å². The zero-order valence-electron chi connectivity index (χ0n) is 32.7. The second-order valence-electron chi connectivity index (χ2n) is 16.2. The lowest BCUT2D eigenvalue weighted by Crippen LogP contribution is -2.52. The molecule has 14 heteroatoms. The summed E-state index contributed by atoms with van der Waals surface area (Å²) in [5.41, 5.74) is 1.69. The Bertz CT molecular complexity index is 2240. The van der Waals surface area contributed by atoms with Crippen molar-refractivity contribution in [1.29, 1.82) is 0 Å². The van der Waals surface area contributed by atoms with Crippen molar-refractivity contribution >= 4 is 39.0 Å². The first-order chi connectivity index (χ1) is 26.7. The summed E-state index contributed by atoms with van der Waals surface area (Å²) < 4.78 is 34.9. The summed E-state index contributed by atoms with van der Waals surface area (Å²) in [6.07, 6.45) is 10.1. The number of ether oxygens (including phenoxy) is 2. The van der Waals surface area contributed by atoms with Gasteiger partial charge >= 0.3 is 0 Å². The monoisotopic (exact) mass is 802 g/mol. The number of hydrogen-bond acceptors (Lipinski definition) is 9. The van der Waals surface area contributed by atoms with Crippen molar-refractivity contribution in [3.63, 3.8) is 0 Å². The molecule has 2 aromatic carbocycles. The van der Waals surface area contributed by atoms with Crippen LogP contribution in [0.4, 0.5) is 5.69 Å². The highest BCUT2D eigenvalue weighted by molar-refractivity contribution is 7.92. The first-order valence-electron chi connectivity index (χ1n) is 19.2. The summed E-state index contributed by atoms with van der Waals surface area (Å²) in [6.45, 7) is 4.02. The molecular weight excluding hydrogens is 752 g/mol. The van der Waals surface area contributed by atoms with Gasteiger partial charge in [-0.2, -0.15) is 0 Å². The molecule has 1 fully saturated rings. The predicted octanol–water partition coefficient (Wildman–Crippen LogP) is 5.43. The van der Waals surface area contributed by atoms with Gasteiger partial charge in [0.25, 0.3) is 11.8 Å². The largest absolute Gasteiger partial charge is 0.490 e. The average molecular weight is 803 g/mol. The fourth-order valence-corrected chi connectivity index (χ4v) is 10.8. The standard InChI is InChI=1S/C42H51ClN6O6S/c1-28-9-6-18-42(52,19-8-20-47(2)3)35-14-11-31(35)23-49-26-41(17-7-10-29-21-32(43)13-15-34(29)41)27-55-37-16-12-30(22-36(37)49)38(50)45-56(53,25-28)46-39(51)33-24-48(4)44-40(33)54-5/h6,12-13,15-16,18,21-22,24,28,31,35,52H,7,9-11,14,17,20,23,25-27H2,1-5H3,(H,45,46,50,51,53)/b18-6-/t28-,31-,35+,41-,42?,56?/m0/s1. The predicted molar refractivity (Wildman–Crippen MR) is 218 cm³/mol. The fraction of sp³-hybridized carbons (Fsp3) is 0.500. The maximum Gasteiger partial charge on any atom is 0.286 e. The third kappa shape index (κ3) is 8.21. The van der Waals surface area contributed by atoms with Crippen LogP contribution in [0.15, 0.2) is 59.1 Å². The third-order valence-electron chi connectivity index (χ3n) is 11.5. The van der Waals surface area contributed by atoms with E-state index in [1.54, 1.807) is 31.3 Å². The van der Waals surface area contributed by atoms with E-state index in [-0.39, 0.29) is 45.9 Å². The summed E-state index contributed by atoms with van der Waals surface area (Å²) in [7, 11) is 3.22. The summed E-state index contributed by atoms with van der Waals surface area (Å²) in [4.78, 5) is 32.0. The second-order valence-corrected chi connectivity index (χ2v) is 18.6. The van der Waals surface area contributed by atoms with E-state index in [1.807, 2.05) is 38.1 Å². The van der Waals surface area contributed by atoms with Gasteiger partial charge in [-0.1, -0.05) is 42.5 Å². The van der Waals surface area contributed by atoms with E-state index < -0.39 is 27.3 Å². The average Bonchev–Trinajstić information content (AvgIpc) is 3.44. The molecule has 1 aromatic heterocycles. The molecule has 56 heavy (non-hydrogen) atoms. The lowest BCUT2D eigenvalue weighted by Gasteiger charge is -2.47. The third-order valence-corrected chi connectivity index (χ3v) is 13.8. The molecular formula is C42H51ClN6O6S. The number of amides is 2. The van der Waals surface area contributed by atoms with E-state index in [0.29, 0.717) is 43.4 Å². The molecule has 3 aromatic rings. The number of allylic oxidation sites excluding steroid dienone is 1. The molecule has 0 radical (unpaired) electrons. The van der Waals surface area contributed by atoms with Crippen LogP contribution in [0.3, 0.4) is 0 Å². The zero-order valence-corrected chi connectivity index (χ0v) is 34.3. The molecule has 2 bridgehead atoms. The molecule has 3 heterocycles. The van der Waals surface area contributed by atoms with E-state index in [9.17, 15) is 18.9 Å². The minimum atomic E-state index is -3.69. The van der Waals surface area contributed by atoms with Gasteiger partial charge in [0.05, 0.1) is 31.7 Å². The van der Waals surface area contributed by atoms with Crippen LogP contribution in [0.1, 0.15) is 70.9 Å². The lowest BCUT2D eigenvalue weighted by atomic mass is 9.64. The SMILES string of the molecule is COc1nn(C)cc1C(=O)NS1(=O)=NC(=O)c2ccc3c(c2)N(C[C@@H]2CC[C@H]2C(O)(C#CCN(C)C)/C=C\C[C@H](C)C1)C[C@@]1(CCCc2cc(Cl)ccc21)CO3. The summed E-state index contributed by atoms with van der Waals surface area (Å²) >= 11 is 6.48. The lowest BCUT2D eigenvalue weighted by molar-refractivity contribution is -0.00326. The Morgan fingerprint density at radius 1 is 1.23 bits per heavy atom. The van der Waals surface area contributed by atoms with Gasteiger partial charge < -0.3 is 19.5 Å². The number of anilines is 1. The Morgan fingerprint density at radius 2 is 2.05 bits per heavy atom. The highest BCUT2D eigenvalue weighted by atomic mass is 35.5. The van der Waals surface area contributed by atoms with Crippen molar-refractivity contribution in [2.45, 2.75) is 56.5 Å². The number of methoxy groups -OCH3 is 1. The topological polar surface area (TPSA) is 139 Å². The number of fused-ring (bicyclic) bond motifs is 4. The highest BCUT2D eigenvalue weighted by Gasteiger charge is 2.47. The summed E-state index contributed by atoms with van der Waals surface area (Å²) in [6, 6.07) is 11.3. The van der Waals surface area contributed by atoms with Crippen molar-refractivity contribution in [1.82, 2.24) is 19.4 Å². The van der Waals surface area contributed by atoms with Crippen LogP contribution in [-0.2, 0) is 28.8 Å². The van der Waals surface area contributed by atoms with Crippen molar-refractivity contribution in [2.24, 2.45) is 29.2 Å². The minimum Gasteiger partial charge on any atom is -0.490 e. The van der Waals surface area contributed by atoms with Crippen molar-refractivity contribution in [3.05, 3.63) is 82.0 Å². The number of nitrogens with zero attached hydrogens (tertiary/aromatic N) is 5. The summed E-state index contributed by atoms with van der Waals surface area (Å²) in [5.74, 6) is 5.20. The van der Waals surface area contributed by atoms with Gasteiger partial charge in [-0.15, -0.1) is 9.46 Å². The fourth-order valence-electron chi connectivity index (χ4n) is 8.69. The molecule has 4 aliphatic rings. The first-order valence-corrected chi connectivity index (χ1v) is 21.3. The van der Waals surface area contributed by atoms with Crippen molar-refractivity contribution in [3.8, 4) is 23.5 Å². The van der Waals surface area contributed by atoms with Gasteiger partial charge in [0.15, 0.2) is 0 Å². The van der Waals surface area contributed by atoms with Gasteiger partial charge in [-0.3, -0.25) is 23.9 Å². The van der Waals surface area contributed by atoms with Crippen molar-refractivity contribution in [2.75, 3.05) is 58.1 Å². The Kier molecular flexibility index (Phi) is 11.3. The number of hydrogen-bond donors (Lipinski definition) is 2. The van der Waals surface area contributed by atoms with E-state index in [2.05, 4.69) is 43.1 Å². The molecule has 2 aliphatic carbocycles. The maximum absolute atomic E-state index is 14.7. The molecule has 2 N–H and O–H groups in total. The number of aryl methyl sites for hydroxylation is 2. The van der Waals surface area contributed by atoms with Crippen LogP contribution in [-0.4, -0.2) is 94.6 Å². The molecule has 12 nitrogen and oxygen atoms in total. The van der Waals surface area contributed by atoms with Crippen LogP contribution in [0.2, 0.25) is 5.02 Å². The zero-order chi connectivity index (χ0) is 39.8. The van der Waals surface area contributed by atoms with Crippen LogP contribution in [0.25, 0.3) is 0 Å². The highest BCUT2D eigenvalue weighted by Crippen LogP contribution is 2.48. The number of carbonyl (C=O) groups is 2. The molecule has 7 rings (SSSR count). The number of aliphatic hydroxyl groups is 1. The summed E-state index contributed by atoms with van der Waals surface area (Å²) in [5, 5.41) is 17.3. The van der Waals surface area contributed by atoms with Gasteiger partial charge in [0.2, 0.25) is 5.88 Å². The molecule has 0 saturated heterocycles. The van der Waals surface area contributed by atoms with Crippen LogP contribution in [0.5, 0.6) is 11.6 Å². The molecule has 298 valence electrons. The Balaban J connectivity index is 1.34. The normalized spacial score (nSPS) is 29.3. The van der Waals surface area contributed by atoms with Gasteiger partial charge in [0, 0.05) is 48.3 Å². The number of benzene rings is 2. The van der Waals surface area contributed by atoms with Gasteiger partial charge in [-0.25, -0.2) is 4.21 Å². The van der Waals surface area contributed by atoms with Crippen LogP contribution < -0.4 is 19.1 Å². The van der Waals surface area contributed by atoms with E-state index in [1.165, 1.54) is 29.1 Å². The van der Waals surface area contributed by atoms with E-state index in [4.69, 9.17) is 21.1 Å². The minimum absolute atomic E-state index is 0.0553. The Labute approximate surface area is 334 Å². The molecule has 2 aliphatic heterocycles. The van der Waals surface area contributed by atoms with E-state index >= 15 is 0 Å². The van der Waals surface area contributed by atoms with Gasteiger partial charge in [-0.05, 0) is 112 Å². The molecule has 2 unspecified atom stereocenters. The number of carbonyl (C=O) groups excluding carboxylic acids is 2. The number of nitrogens with one attached hydrogen (secondary N) is 1. The smallest absolute Gasteiger partial charge is 0.286 e. The van der Waals surface area contributed by atoms with Crippen LogP contribution >= 0.6 is 11.6 Å². The van der Waals surface area contributed by atoms with Crippen LogP contribution in [0, 0.1) is 29.6 Å². The molecule has 1 spiro atoms. The second kappa shape index (κ2) is 15.9. The number of aromatic nitrogens is 2. The van der Waals surface area contributed by atoms with Crippen molar-refractivity contribution < 1.29 is 28.4 Å². The Hall–Kier alpha value is -4.35. The number of halogens is 1. The number of rotatable bonds is 4. The molecule has 1 saturated carbocycles. The Morgan fingerprint density at radius 3 is 2.80 bits per heavy atom.